The minimum Gasteiger partial charge on any atom is -1.00 e. The second kappa shape index (κ2) is 12.6. The monoisotopic (exact) mass is 310 g/mol. The fourth-order valence-corrected chi connectivity index (χ4v) is 0.379. The molecule has 0 saturated carbocycles. The van der Waals surface area contributed by atoms with E-state index in [1.807, 2.05) is 6.92 Å². The van der Waals surface area contributed by atoms with Gasteiger partial charge in [0.25, 0.3) is 0 Å². The summed E-state index contributed by atoms with van der Waals surface area (Å²) >= 11 is 0. The van der Waals surface area contributed by atoms with Crippen molar-refractivity contribution in [3.05, 3.63) is 12.2 Å². The molecule has 0 aliphatic carbocycles. The molecule has 4 heteroatoms. The molecule has 0 radical (unpaired) electrons. The van der Waals surface area contributed by atoms with Crippen LogP contribution in [0.5, 0.6) is 0 Å². The van der Waals surface area contributed by atoms with E-state index in [0.717, 1.165) is 12.8 Å². The van der Waals surface area contributed by atoms with Crippen LogP contribution >= 0.6 is 0 Å². The van der Waals surface area contributed by atoms with Crippen molar-refractivity contribution >= 4 is 0 Å². The van der Waals surface area contributed by atoms with Crippen LogP contribution in [0.25, 0.3) is 0 Å². The summed E-state index contributed by atoms with van der Waals surface area (Å²) in [7, 11) is 0. The molecule has 0 aromatic heterocycles. The van der Waals surface area contributed by atoms with Gasteiger partial charge in [-0.2, -0.15) is 0 Å². The average molecular weight is 311 g/mol. The van der Waals surface area contributed by atoms with Crippen LogP contribution in [-0.2, 0) is 19.5 Å². The Morgan fingerprint density at radius 1 is 1.50 bits per heavy atom. The third-order valence-electron chi connectivity index (χ3n) is 0.852. The maximum absolute atomic E-state index is 11.7. The van der Waals surface area contributed by atoms with Gasteiger partial charge >= 0.3 is 19.5 Å². The molecule has 0 spiro atoms. The minimum atomic E-state index is -0.771. The van der Waals surface area contributed by atoms with Crippen LogP contribution in [0.1, 0.15) is 26.2 Å². The Morgan fingerprint density at radius 3 is 2.30 bits per heavy atom. The molecule has 56 valence electrons. The molecule has 0 amide bonds. The Kier molecular flexibility index (Phi) is 21.6. The molecule has 0 aromatic rings. The van der Waals surface area contributed by atoms with Gasteiger partial charge in [0.05, 0.1) is 0 Å². The van der Waals surface area contributed by atoms with Crippen molar-refractivity contribution in [2.75, 3.05) is 0 Å². The molecule has 0 aromatic carbocycles. The molecule has 0 saturated heterocycles. The largest absolute Gasteiger partial charge is 2.00 e. The van der Waals surface area contributed by atoms with Gasteiger partial charge in [0, 0.05) is 0 Å². The zero-order chi connectivity index (χ0) is 6.41. The topological polar surface area (TPSA) is 0 Å². The van der Waals surface area contributed by atoms with Crippen molar-refractivity contribution in [3.63, 3.8) is 0 Å². The number of hydrogen-bond donors (Lipinski definition) is 0. The molecule has 0 unspecified atom stereocenters. The molecule has 0 rings (SSSR count). The maximum atomic E-state index is 11.7. The van der Waals surface area contributed by atoms with Gasteiger partial charge in [0.2, 0.25) is 0 Å². The average Bonchev–Trinajstić information content (AvgIpc) is 1.83. The van der Waals surface area contributed by atoms with Gasteiger partial charge in [0.1, 0.15) is 0 Å². The summed E-state index contributed by atoms with van der Waals surface area (Å²) in [6, 6.07) is 0. The molecule has 0 bridgehead atoms. The third kappa shape index (κ3) is 11.7. The molecule has 0 fully saturated rings. The van der Waals surface area contributed by atoms with E-state index < -0.39 is 5.83 Å². The first-order chi connectivity index (χ1) is 3.81. The van der Waals surface area contributed by atoms with Gasteiger partial charge in [-0.05, 0) is 6.42 Å². The standard InChI is InChI=1S/C6H9F2.HI.Zn/c1-2-3-4-6(8)5-7;;/h2-4H2,1H3;1H;/q-1;;+2/p-1. The van der Waals surface area contributed by atoms with E-state index in [-0.39, 0.29) is 49.9 Å². The predicted octanol–water partition coefficient (Wildman–Crippen LogP) is -0.238. The normalized spacial score (nSPS) is 9.70. The summed E-state index contributed by atoms with van der Waals surface area (Å²) in [5, 5.41) is 0. The van der Waals surface area contributed by atoms with Crippen molar-refractivity contribution in [3.8, 4) is 0 Å². The predicted molar refractivity (Wildman–Crippen MR) is 28.5 cm³/mol. The van der Waals surface area contributed by atoms with E-state index >= 15 is 0 Å². The van der Waals surface area contributed by atoms with Gasteiger partial charge in [0.15, 0.2) is 0 Å². The number of halogens is 3. The van der Waals surface area contributed by atoms with E-state index in [1.54, 1.807) is 0 Å². The summed E-state index contributed by atoms with van der Waals surface area (Å²) in [6.45, 7) is 1.92. The van der Waals surface area contributed by atoms with Gasteiger partial charge in [-0.25, -0.2) is 0 Å². The van der Waals surface area contributed by atoms with Crippen molar-refractivity contribution < 1.29 is 52.2 Å². The maximum Gasteiger partial charge on any atom is 2.00 e. The summed E-state index contributed by atoms with van der Waals surface area (Å²) in [6.07, 6.45) is 2.72. The van der Waals surface area contributed by atoms with Crippen LogP contribution in [0, 0.1) is 6.33 Å². The second-order valence-corrected chi connectivity index (χ2v) is 1.60. The van der Waals surface area contributed by atoms with E-state index in [1.165, 1.54) is 0 Å². The first-order valence-corrected chi connectivity index (χ1v) is 2.69. The molecule has 0 aliphatic heterocycles. The Labute approximate surface area is 90.2 Å². The van der Waals surface area contributed by atoms with E-state index in [2.05, 4.69) is 0 Å². The molecule has 0 nitrogen and oxygen atoms in total. The Hall–Kier alpha value is 0.953. The van der Waals surface area contributed by atoms with E-state index in [0.29, 0.717) is 6.42 Å². The smallest absolute Gasteiger partial charge is 1.00 e. The Morgan fingerprint density at radius 2 is 2.00 bits per heavy atom. The van der Waals surface area contributed by atoms with Crippen LogP contribution < -0.4 is 24.0 Å². The Balaban J connectivity index is -0.000000245. The van der Waals surface area contributed by atoms with Crippen LogP contribution in [0.15, 0.2) is 5.83 Å². The van der Waals surface area contributed by atoms with Gasteiger partial charge in [-0.3, -0.25) is 10.7 Å². The summed E-state index contributed by atoms with van der Waals surface area (Å²) in [5.41, 5.74) is 0. The SMILES string of the molecule is CCCCC(F)=[C-]F.[I-].[Zn+2]. The summed E-state index contributed by atoms with van der Waals surface area (Å²) in [5.74, 6) is -0.771. The van der Waals surface area contributed by atoms with Crippen LogP contribution in [0.4, 0.5) is 8.78 Å². The second-order valence-electron chi connectivity index (χ2n) is 1.60. The molecule has 0 aliphatic rings. The fourth-order valence-electron chi connectivity index (χ4n) is 0.379. The van der Waals surface area contributed by atoms with Gasteiger partial charge < -0.3 is 28.4 Å². The van der Waals surface area contributed by atoms with Crippen LogP contribution in [0.3, 0.4) is 0 Å². The summed E-state index contributed by atoms with van der Waals surface area (Å²) in [4.78, 5) is 0. The third-order valence-corrected chi connectivity index (χ3v) is 0.852. The van der Waals surface area contributed by atoms with E-state index in [9.17, 15) is 8.78 Å². The first-order valence-electron chi connectivity index (χ1n) is 2.69. The quantitative estimate of drug-likeness (QED) is 0.383. The molecular weight excluding hydrogens is 302 g/mol. The van der Waals surface area contributed by atoms with Crippen molar-refractivity contribution in [2.45, 2.75) is 26.2 Å². The van der Waals surface area contributed by atoms with Crippen LogP contribution in [0.2, 0.25) is 0 Å². The zero-order valence-electron chi connectivity index (χ0n) is 5.96. The number of hydrogen-bond acceptors (Lipinski definition) is 0. The van der Waals surface area contributed by atoms with Crippen molar-refractivity contribution in [1.82, 2.24) is 0 Å². The minimum absolute atomic E-state index is 0. The summed E-state index contributed by atoms with van der Waals surface area (Å²) < 4.78 is 22.8. The molecular formula is C6H9F2IZn. The molecule has 0 heterocycles. The van der Waals surface area contributed by atoms with Crippen LogP contribution in [-0.4, -0.2) is 0 Å². The molecule has 0 N–H and O–H groups in total. The molecule has 10 heavy (non-hydrogen) atoms. The van der Waals surface area contributed by atoms with Crippen molar-refractivity contribution in [1.29, 1.82) is 0 Å². The van der Waals surface area contributed by atoms with E-state index in [4.69, 9.17) is 0 Å². The fraction of sp³-hybridized carbons (Fsp3) is 0.667. The van der Waals surface area contributed by atoms with Crippen molar-refractivity contribution in [2.24, 2.45) is 0 Å². The number of rotatable bonds is 3. The number of allylic oxidation sites excluding steroid dienone is 1. The van der Waals surface area contributed by atoms with Gasteiger partial charge in [-0.15, -0.1) is 0 Å². The first kappa shape index (κ1) is 17.2. The molecule has 0 atom stereocenters. The zero-order valence-corrected chi connectivity index (χ0v) is 11.1. The Bertz CT molecular complexity index is 85.8. The number of unbranched alkanes of at least 4 members (excludes halogenated alkanes) is 1. The van der Waals surface area contributed by atoms with Gasteiger partial charge in [-0.1, -0.05) is 25.6 Å².